The molecule has 1 aromatic rings. The van der Waals surface area contributed by atoms with Gasteiger partial charge in [-0.25, -0.2) is 4.39 Å². The van der Waals surface area contributed by atoms with Gasteiger partial charge in [-0.3, -0.25) is 0 Å². The summed E-state index contributed by atoms with van der Waals surface area (Å²) in [4.78, 5) is 0. The average molecular weight is 219 g/mol. The Morgan fingerprint density at radius 3 is 2.55 bits per heavy atom. The van der Waals surface area contributed by atoms with E-state index in [2.05, 4.69) is 15.9 Å². The Bertz CT molecular complexity index is 275. The van der Waals surface area contributed by atoms with Crippen LogP contribution in [0.4, 0.5) is 10.1 Å². The first-order valence-corrected chi connectivity index (χ1v) is 3.88. The average Bonchev–Trinajstić information content (AvgIpc) is 1.99. The lowest BCUT2D eigenvalue weighted by Gasteiger charge is -2.05. The maximum absolute atomic E-state index is 12.8. The predicted octanol–water partition coefficient (Wildman–Crippen LogP) is 1.63. The van der Waals surface area contributed by atoms with E-state index in [1.165, 1.54) is 6.07 Å². The number of benzene rings is 1. The molecule has 0 aromatic heterocycles. The monoisotopic (exact) mass is 218 g/mol. The summed E-state index contributed by atoms with van der Waals surface area (Å²) in [5.74, 6) is -0.354. The highest BCUT2D eigenvalue weighted by Gasteiger charge is 2.06. The van der Waals surface area contributed by atoms with E-state index in [9.17, 15) is 4.39 Å². The molecule has 0 fully saturated rings. The number of hydrogen-bond donors (Lipinski definition) is 2. The molecule has 4 heteroatoms. The molecule has 0 aliphatic carbocycles. The molecule has 0 atom stereocenters. The molecule has 0 spiro atoms. The molecule has 0 bridgehead atoms. The quantitative estimate of drug-likeness (QED) is 0.705. The molecule has 11 heavy (non-hydrogen) atoms. The van der Waals surface area contributed by atoms with Crippen molar-refractivity contribution in [3.8, 4) is 0 Å². The van der Waals surface area contributed by atoms with Gasteiger partial charge in [0.15, 0.2) is 0 Å². The largest absolute Gasteiger partial charge is 0.397 e. The molecule has 0 saturated heterocycles. The zero-order valence-electron chi connectivity index (χ0n) is 5.77. The minimum absolute atomic E-state index is 0.122. The summed E-state index contributed by atoms with van der Waals surface area (Å²) < 4.78 is 13.5. The van der Waals surface area contributed by atoms with Crippen LogP contribution in [0, 0.1) is 5.82 Å². The third-order valence-electron chi connectivity index (χ3n) is 1.45. The highest BCUT2D eigenvalue weighted by atomic mass is 79.9. The fraction of sp³-hybridized carbons (Fsp3) is 0.143. The third-order valence-corrected chi connectivity index (χ3v) is 2.14. The summed E-state index contributed by atoms with van der Waals surface area (Å²) in [5, 5.41) is 0. The third kappa shape index (κ3) is 1.52. The smallest absolute Gasteiger partial charge is 0.129 e. The lowest BCUT2D eigenvalue weighted by molar-refractivity contribution is 0.611. The number of hydrogen-bond acceptors (Lipinski definition) is 2. The van der Waals surface area contributed by atoms with Gasteiger partial charge in [0, 0.05) is 16.6 Å². The minimum atomic E-state index is -0.354. The summed E-state index contributed by atoms with van der Waals surface area (Å²) in [7, 11) is 0. The van der Waals surface area contributed by atoms with Gasteiger partial charge in [-0.1, -0.05) is 0 Å². The maximum Gasteiger partial charge on any atom is 0.129 e. The summed E-state index contributed by atoms with van der Waals surface area (Å²) in [5.41, 5.74) is 11.5. The Morgan fingerprint density at radius 1 is 1.45 bits per heavy atom. The Kier molecular flexibility index (Phi) is 2.46. The molecule has 0 aliphatic heterocycles. The van der Waals surface area contributed by atoms with Gasteiger partial charge in [0.2, 0.25) is 0 Å². The molecule has 60 valence electrons. The SMILES string of the molecule is NCc1c(F)ccc(Br)c1N. The predicted molar refractivity (Wildman–Crippen MR) is 46.4 cm³/mol. The van der Waals surface area contributed by atoms with E-state index in [4.69, 9.17) is 11.5 Å². The second-order valence-electron chi connectivity index (χ2n) is 2.13. The lowest BCUT2D eigenvalue weighted by Crippen LogP contribution is -2.04. The van der Waals surface area contributed by atoms with E-state index in [0.717, 1.165) is 0 Å². The molecule has 1 rings (SSSR count). The Labute approximate surface area is 72.5 Å². The molecular weight excluding hydrogens is 211 g/mol. The molecule has 0 unspecified atom stereocenters. The summed E-state index contributed by atoms with van der Waals surface area (Å²) in [6.45, 7) is 0.122. The van der Waals surface area contributed by atoms with Gasteiger partial charge in [0.1, 0.15) is 5.82 Å². The molecule has 0 saturated carbocycles. The van der Waals surface area contributed by atoms with Gasteiger partial charge >= 0.3 is 0 Å². The van der Waals surface area contributed by atoms with E-state index >= 15 is 0 Å². The van der Waals surface area contributed by atoms with Crippen molar-refractivity contribution >= 4 is 21.6 Å². The zero-order chi connectivity index (χ0) is 8.43. The fourth-order valence-electron chi connectivity index (χ4n) is 0.817. The van der Waals surface area contributed by atoms with Crippen molar-refractivity contribution in [2.45, 2.75) is 6.54 Å². The highest BCUT2D eigenvalue weighted by molar-refractivity contribution is 9.10. The molecular formula is C7H8BrFN2. The molecule has 1 aromatic carbocycles. The minimum Gasteiger partial charge on any atom is -0.397 e. The first kappa shape index (κ1) is 8.49. The lowest BCUT2D eigenvalue weighted by atomic mass is 10.2. The second-order valence-corrected chi connectivity index (χ2v) is 2.98. The van der Waals surface area contributed by atoms with E-state index in [1.54, 1.807) is 6.07 Å². The number of nitrogens with two attached hydrogens (primary N) is 2. The van der Waals surface area contributed by atoms with Crippen LogP contribution in [0.1, 0.15) is 5.56 Å². The van der Waals surface area contributed by atoms with Crippen LogP contribution in [0.15, 0.2) is 16.6 Å². The molecule has 2 nitrogen and oxygen atoms in total. The van der Waals surface area contributed by atoms with Gasteiger partial charge < -0.3 is 11.5 Å². The normalized spacial score (nSPS) is 10.1. The van der Waals surface area contributed by atoms with Crippen LogP contribution < -0.4 is 11.5 Å². The number of halogens is 2. The van der Waals surface area contributed by atoms with Crippen molar-refractivity contribution in [1.82, 2.24) is 0 Å². The molecule has 0 aliphatic rings. The van der Waals surface area contributed by atoms with Crippen LogP contribution in [0.25, 0.3) is 0 Å². The molecule has 4 N–H and O–H groups in total. The van der Waals surface area contributed by atoms with Gasteiger partial charge in [0.05, 0.1) is 5.69 Å². The maximum atomic E-state index is 12.8. The Morgan fingerprint density at radius 2 is 2.09 bits per heavy atom. The van der Waals surface area contributed by atoms with Crippen LogP contribution >= 0.6 is 15.9 Å². The van der Waals surface area contributed by atoms with Gasteiger partial charge in [-0.05, 0) is 28.1 Å². The van der Waals surface area contributed by atoms with Crippen LogP contribution in [0.2, 0.25) is 0 Å². The van der Waals surface area contributed by atoms with E-state index < -0.39 is 0 Å². The summed E-state index contributed by atoms with van der Waals surface area (Å²) in [6.07, 6.45) is 0. The molecule has 0 heterocycles. The van der Waals surface area contributed by atoms with Gasteiger partial charge in [-0.2, -0.15) is 0 Å². The summed E-state index contributed by atoms with van der Waals surface area (Å²) in [6, 6.07) is 2.90. The first-order chi connectivity index (χ1) is 5.16. The molecule has 0 radical (unpaired) electrons. The number of rotatable bonds is 1. The Balaban J connectivity index is 3.29. The van der Waals surface area contributed by atoms with Crippen molar-refractivity contribution in [2.24, 2.45) is 5.73 Å². The topological polar surface area (TPSA) is 52.0 Å². The Hall–Kier alpha value is -0.610. The van der Waals surface area contributed by atoms with Gasteiger partial charge in [-0.15, -0.1) is 0 Å². The van der Waals surface area contributed by atoms with Crippen molar-refractivity contribution in [3.05, 3.63) is 28.0 Å². The summed E-state index contributed by atoms with van der Waals surface area (Å²) >= 11 is 3.17. The second kappa shape index (κ2) is 3.19. The van der Waals surface area contributed by atoms with Crippen LogP contribution in [-0.2, 0) is 6.54 Å². The van der Waals surface area contributed by atoms with Crippen molar-refractivity contribution in [2.75, 3.05) is 5.73 Å². The van der Waals surface area contributed by atoms with Crippen molar-refractivity contribution in [3.63, 3.8) is 0 Å². The van der Waals surface area contributed by atoms with E-state index in [1.807, 2.05) is 0 Å². The van der Waals surface area contributed by atoms with E-state index in [-0.39, 0.29) is 12.4 Å². The van der Waals surface area contributed by atoms with Crippen LogP contribution in [-0.4, -0.2) is 0 Å². The number of anilines is 1. The highest BCUT2D eigenvalue weighted by Crippen LogP contribution is 2.24. The van der Waals surface area contributed by atoms with Crippen molar-refractivity contribution in [1.29, 1.82) is 0 Å². The molecule has 0 amide bonds. The first-order valence-electron chi connectivity index (χ1n) is 3.09. The van der Waals surface area contributed by atoms with Gasteiger partial charge in [0.25, 0.3) is 0 Å². The zero-order valence-corrected chi connectivity index (χ0v) is 7.36. The van der Waals surface area contributed by atoms with Crippen molar-refractivity contribution < 1.29 is 4.39 Å². The van der Waals surface area contributed by atoms with Crippen LogP contribution in [0.3, 0.4) is 0 Å². The standard InChI is InChI=1S/C7H8BrFN2/c8-5-1-2-6(9)4(3-10)7(5)11/h1-2H,3,10-11H2. The van der Waals surface area contributed by atoms with E-state index in [0.29, 0.717) is 15.7 Å². The fourth-order valence-corrected chi connectivity index (χ4v) is 1.19. The number of nitrogen functional groups attached to an aromatic ring is 1. The van der Waals surface area contributed by atoms with Crippen LogP contribution in [0.5, 0.6) is 0 Å².